The second-order valence-electron chi connectivity index (χ2n) is 3.72. The van der Waals surface area contributed by atoms with Gasteiger partial charge in [-0.15, -0.1) is 12.4 Å². The lowest BCUT2D eigenvalue weighted by atomic mass is 9.98. The van der Waals surface area contributed by atoms with Crippen molar-refractivity contribution in [3.05, 3.63) is 0 Å². The zero-order valence-electron chi connectivity index (χ0n) is 7.14. The fourth-order valence-corrected chi connectivity index (χ4v) is 2.55. The third-order valence-corrected chi connectivity index (χ3v) is 3.20. The molecule has 2 aliphatic rings. The summed E-state index contributed by atoms with van der Waals surface area (Å²) < 4.78 is 13.8. The van der Waals surface area contributed by atoms with Crippen molar-refractivity contribution in [2.24, 2.45) is 17.8 Å². The number of rotatable bonds is 2. The maximum Gasteiger partial charge on any atom is 0.310 e. The monoisotopic (exact) mass is 224 g/mol. The topological polar surface area (TPSA) is 74.6 Å². The normalized spacial score (nSPS) is 43.6. The molecule has 4 nitrogen and oxygen atoms in total. The molecule has 2 N–H and O–H groups in total. The molecule has 0 aromatic carbocycles. The van der Waals surface area contributed by atoms with Crippen molar-refractivity contribution < 1.29 is 24.2 Å². The molecule has 80 valence electrons. The van der Waals surface area contributed by atoms with E-state index in [1.165, 1.54) is 0 Å². The molecule has 2 rings (SSSR count). The molecule has 4 unspecified atom stereocenters. The lowest BCUT2D eigenvalue weighted by Crippen LogP contribution is -2.28. The van der Waals surface area contributed by atoms with Gasteiger partial charge in [-0.1, -0.05) is 0 Å². The Kier molecular flexibility index (Phi) is 2.48. The number of aliphatic carboxylic acids is 2. The molecule has 2 fully saturated rings. The smallest absolute Gasteiger partial charge is 0.310 e. The Labute approximate surface area is 85.5 Å². The molecule has 0 saturated heterocycles. The summed E-state index contributed by atoms with van der Waals surface area (Å²) in [6.45, 7) is 0. The van der Waals surface area contributed by atoms with Crippen LogP contribution >= 0.6 is 12.4 Å². The molecule has 0 aromatic rings. The number of carboxylic acid groups (broad SMARTS) is 2. The first-order valence-corrected chi connectivity index (χ1v) is 4.14. The highest BCUT2D eigenvalue weighted by molar-refractivity contribution is 5.85. The summed E-state index contributed by atoms with van der Waals surface area (Å²) in [7, 11) is 0. The number of hydrogen-bond acceptors (Lipinski definition) is 2. The Morgan fingerprint density at radius 2 is 1.79 bits per heavy atom. The molecule has 0 aromatic heterocycles. The second-order valence-corrected chi connectivity index (χ2v) is 3.72. The average Bonchev–Trinajstić information content (AvgIpc) is 2.44. The van der Waals surface area contributed by atoms with Crippen LogP contribution in [0.1, 0.15) is 12.8 Å². The van der Waals surface area contributed by atoms with Crippen LogP contribution in [0.25, 0.3) is 0 Å². The van der Waals surface area contributed by atoms with E-state index in [0.29, 0.717) is 6.42 Å². The van der Waals surface area contributed by atoms with Crippen molar-refractivity contribution in [3.8, 4) is 0 Å². The molecule has 0 aliphatic heterocycles. The van der Waals surface area contributed by atoms with Gasteiger partial charge in [0.15, 0.2) is 0 Å². The van der Waals surface area contributed by atoms with Crippen molar-refractivity contribution in [2.75, 3.05) is 0 Å². The van der Waals surface area contributed by atoms with E-state index in [-0.39, 0.29) is 18.8 Å². The van der Waals surface area contributed by atoms with Crippen LogP contribution in [0.2, 0.25) is 0 Å². The van der Waals surface area contributed by atoms with Crippen molar-refractivity contribution in [2.45, 2.75) is 18.5 Å². The summed E-state index contributed by atoms with van der Waals surface area (Å²) in [5.74, 6) is -5.18. The predicted octanol–water partition coefficient (Wildman–Crippen LogP) is 0.942. The highest BCUT2D eigenvalue weighted by Gasteiger charge is 2.77. The number of fused-ring (bicyclic) bond motifs is 1. The van der Waals surface area contributed by atoms with Gasteiger partial charge in [0.05, 0.1) is 11.8 Å². The van der Waals surface area contributed by atoms with Gasteiger partial charge >= 0.3 is 11.9 Å². The summed E-state index contributed by atoms with van der Waals surface area (Å²) >= 11 is 0. The maximum absolute atomic E-state index is 13.8. The summed E-state index contributed by atoms with van der Waals surface area (Å²) in [5, 5.41) is 17.2. The fourth-order valence-electron chi connectivity index (χ4n) is 2.55. The van der Waals surface area contributed by atoms with Crippen LogP contribution in [0.4, 0.5) is 4.39 Å². The summed E-state index contributed by atoms with van der Waals surface area (Å²) in [4.78, 5) is 21.1. The molecule has 2 aliphatic carbocycles. The van der Waals surface area contributed by atoms with E-state index < -0.39 is 35.4 Å². The first-order chi connectivity index (χ1) is 5.99. The minimum atomic E-state index is -1.96. The van der Waals surface area contributed by atoms with Gasteiger partial charge < -0.3 is 10.2 Å². The van der Waals surface area contributed by atoms with Crippen molar-refractivity contribution in [3.63, 3.8) is 0 Å². The van der Waals surface area contributed by atoms with E-state index in [1.54, 1.807) is 0 Å². The summed E-state index contributed by atoms with van der Waals surface area (Å²) in [5.41, 5.74) is -1.96. The van der Waals surface area contributed by atoms with Gasteiger partial charge in [-0.05, 0) is 12.8 Å². The zero-order chi connectivity index (χ0) is 9.80. The number of carboxylic acids is 2. The maximum atomic E-state index is 13.8. The van der Waals surface area contributed by atoms with E-state index >= 15 is 0 Å². The van der Waals surface area contributed by atoms with Crippen LogP contribution in [0.5, 0.6) is 0 Å². The minimum Gasteiger partial charge on any atom is -0.481 e. The zero-order valence-corrected chi connectivity index (χ0v) is 7.96. The predicted molar refractivity (Wildman–Crippen MR) is 46.1 cm³/mol. The van der Waals surface area contributed by atoms with Crippen molar-refractivity contribution in [1.29, 1.82) is 0 Å². The standard InChI is InChI=1S/C8H9FO4.ClH/c9-8-3(5(8)7(12)13)1-2-4(8)6(10)11;/h3-5H,1-2H2,(H,10,11)(H,12,13);1H. The number of hydrogen-bond donors (Lipinski definition) is 2. The van der Waals surface area contributed by atoms with E-state index in [0.717, 1.165) is 0 Å². The molecule has 0 heterocycles. The van der Waals surface area contributed by atoms with E-state index in [9.17, 15) is 14.0 Å². The molecular formula is C8H10ClFO4. The van der Waals surface area contributed by atoms with Crippen LogP contribution in [-0.2, 0) is 9.59 Å². The van der Waals surface area contributed by atoms with Gasteiger partial charge in [0.25, 0.3) is 0 Å². The number of carbonyl (C=O) groups is 2. The Hall–Kier alpha value is -0.840. The van der Waals surface area contributed by atoms with Gasteiger partial charge in [-0.25, -0.2) is 4.39 Å². The quantitative estimate of drug-likeness (QED) is 0.732. The molecule has 4 atom stereocenters. The number of alkyl halides is 1. The van der Waals surface area contributed by atoms with E-state index in [4.69, 9.17) is 10.2 Å². The van der Waals surface area contributed by atoms with E-state index in [2.05, 4.69) is 0 Å². The van der Waals surface area contributed by atoms with Gasteiger partial charge in [-0.2, -0.15) is 0 Å². The average molecular weight is 225 g/mol. The van der Waals surface area contributed by atoms with Gasteiger partial charge in [0.1, 0.15) is 5.67 Å². The molecule has 0 bridgehead atoms. The molecule has 2 saturated carbocycles. The van der Waals surface area contributed by atoms with Gasteiger partial charge in [-0.3, -0.25) is 9.59 Å². The van der Waals surface area contributed by atoms with Crippen molar-refractivity contribution >= 4 is 24.3 Å². The summed E-state index contributed by atoms with van der Waals surface area (Å²) in [6, 6.07) is 0. The third kappa shape index (κ3) is 1.11. The largest absolute Gasteiger partial charge is 0.481 e. The minimum absolute atomic E-state index is 0. The molecule has 6 heteroatoms. The summed E-state index contributed by atoms with van der Waals surface area (Å²) in [6.07, 6.45) is 0.644. The van der Waals surface area contributed by atoms with Gasteiger partial charge in [0, 0.05) is 5.92 Å². The van der Waals surface area contributed by atoms with Crippen LogP contribution < -0.4 is 0 Å². The van der Waals surface area contributed by atoms with Crippen LogP contribution in [-0.4, -0.2) is 27.8 Å². The Morgan fingerprint density at radius 1 is 1.21 bits per heavy atom. The fraction of sp³-hybridized carbons (Fsp3) is 0.750. The molecule has 0 amide bonds. The van der Waals surface area contributed by atoms with Crippen LogP contribution in [0.3, 0.4) is 0 Å². The lowest BCUT2D eigenvalue weighted by Gasteiger charge is -2.11. The van der Waals surface area contributed by atoms with Crippen LogP contribution in [0.15, 0.2) is 0 Å². The molecule has 14 heavy (non-hydrogen) atoms. The van der Waals surface area contributed by atoms with Crippen molar-refractivity contribution in [1.82, 2.24) is 0 Å². The lowest BCUT2D eigenvalue weighted by molar-refractivity contribution is -0.146. The first-order valence-electron chi connectivity index (χ1n) is 4.14. The van der Waals surface area contributed by atoms with Crippen LogP contribution in [0, 0.1) is 17.8 Å². The van der Waals surface area contributed by atoms with Gasteiger partial charge in [0.2, 0.25) is 0 Å². The van der Waals surface area contributed by atoms with E-state index in [1.807, 2.05) is 0 Å². The Morgan fingerprint density at radius 3 is 2.14 bits per heavy atom. The number of halogens is 2. The highest BCUT2D eigenvalue weighted by Crippen LogP contribution is 2.66. The first kappa shape index (κ1) is 11.2. The third-order valence-electron chi connectivity index (χ3n) is 3.20. The SMILES string of the molecule is Cl.O=C(O)C1CCC2C(C(=O)O)C12F. The second kappa shape index (κ2) is 3.08. The molecule has 0 spiro atoms. The Bertz CT molecular complexity index is 295. The molecule has 0 radical (unpaired) electrons. The highest BCUT2D eigenvalue weighted by atomic mass is 35.5. The molecular weight excluding hydrogens is 215 g/mol. The Balaban J connectivity index is 0.000000980.